The molecule has 0 bridgehead atoms. The van der Waals surface area contributed by atoms with Crippen LogP contribution in [0.15, 0.2) is 24.3 Å². The molecule has 0 aliphatic rings. The fourth-order valence-corrected chi connectivity index (χ4v) is 0.814. The fourth-order valence-electron chi connectivity index (χ4n) is 0.814. The van der Waals surface area contributed by atoms with Gasteiger partial charge in [0.2, 0.25) is 0 Å². The lowest BCUT2D eigenvalue weighted by Gasteiger charge is -2.03. The average molecular weight is 215 g/mol. The van der Waals surface area contributed by atoms with Gasteiger partial charge in [-0.2, -0.15) is 0 Å². The molecule has 0 heterocycles. The molecule has 7 nitrogen and oxygen atoms in total. The van der Waals surface area contributed by atoms with Crippen LogP contribution >= 0.6 is 0 Å². The van der Waals surface area contributed by atoms with Crippen LogP contribution in [0.5, 0.6) is 5.75 Å². The maximum atomic E-state index is 8.36. The highest BCUT2D eigenvalue weighted by molar-refractivity contribution is 5.44. The van der Waals surface area contributed by atoms with E-state index >= 15 is 0 Å². The van der Waals surface area contributed by atoms with Crippen LogP contribution < -0.4 is 16.0 Å². The highest BCUT2D eigenvalue weighted by atomic mass is 16.9. The molecule has 1 aromatic rings. The highest BCUT2D eigenvalue weighted by Gasteiger charge is 1.90. The molecule has 0 atom stereocenters. The second-order valence-electron chi connectivity index (χ2n) is 2.34. The zero-order valence-electron chi connectivity index (χ0n) is 8.21. The third kappa shape index (κ3) is 7.08. The summed E-state index contributed by atoms with van der Waals surface area (Å²) in [6.07, 6.45) is 0. The van der Waals surface area contributed by atoms with Crippen LogP contribution in [0.2, 0.25) is 0 Å². The topological polar surface area (TPSA) is 111 Å². The monoisotopic (exact) mass is 215 g/mol. The van der Waals surface area contributed by atoms with Gasteiger partial charge in [0.1, 0.15) is 5.75 Å². The normalized spacial score (nSPS) is 8.40. The molecule has 1 rings (SSSR count). The summed E-state index contributed by atoms with van der Waals surface area (Å²) in [5.74, 6) is 6.05. The van der Waals surface area contributed by atoms with Gasteiger partial charge in [-0.1, -0.05) is 0 Å². The minimum absolute atomic E-state index is 0.690. The molecule has 15 heavy (non-hydrogen) atoms. The van der Waals surface area contributed by atoms with Crippen molar-refractivity contribution < 1.29 is 15.0 Å². The molecule has 4 N–H and O–H groups in total. The molecular weight excluding hydrogens is 202 g/mol. The molecule has 0 spiro atoms. The number of nitrogens with zero attached hydrogens (tertiary/aromatic N) is 1. The van der Waals surface area contributed by atoms with E-state index in [4.69, 9.17) is 25.9 Å². The molecule has 84 valence electrons. The van der Waals surface area contributed by atoms with E-state index in [1.165, 1.54) is 0 Å². The van der Waals surface area contributed by atoms with E-state index in [9.17, 15) is 0 Å². The Balaban J connectivity index is 0.000000423. The number of anilines is 1. The molecular formula is C8H13N3O4. The molecule has 0 amide bonds. The number of rotatable bonds is 3. The van der Waals surface area contributed by atoms with E-state index in [-0.39, 0.29) is 0 Å². The van der Waals surface area contributed by atoms with Crippen molar-refractivity contribution in [2.24, 2.45) is 5.84 Å². The molecule has 0 aromatic heterocycles. The molecule has 1 aromatic carbocycles. The number of ether oxygens (including phenoxy) is 1. The maximum absolute atomic E-state index is 8.36. The first-order valence-electron chi connectivity index (χ1n) is 4.13. The number of nitrogen functional groups attached to an aromatic ring is 1. The summed E-state index contributed by atoms with van der Waals surface area (Å²) in [5.41, 5.74) is 3.42. The molecule has 7 heteroatoms. The van der Waals surface area contributed by atoms with Gasteiger partial charge in [0, 0.05) is 5.69 Å². The summed E-state index contributed by atoms with van der Waals surface area (Å²) in [5, 5.41) is 13.6. The predicted molar refractivity (Wildman–Crippen MR) is 54.2 cm³/mol. The van der Waals surface area contributed by atoms with E-state index in [1.54, 1.807) is 0 Å². The lowest BCUT2D eigenvalue weighted by Crippen LogP contribution is -2.06. The Morgan fingerprint density at radius 2 is 2.00 bits per heavy atom. The van der Waals surface area contributed by atoms with Gasteiger partial charge in [-0.15, -0.1) is 10.1 Å². The van der Waals surface area contributed by atoms with Gasteiger partial charge in [0.05, 0.1) is 6.61 Å². The molecule has 0 saturated heterocycles. The molecule has 0 aliphatic carbocycles. The summed E-state index contributed by atoms with van der Waals surface area (Å²) < 4.78 is 5.24. The van der Waals surface area contributed by atoms with E-state index in [1.807, 2.05) is 31.2 Å². The number of hydrogen-bond acceptors (Lipinski definition) is 5. The summed E-state index contributed by atoms with van der Waals surface area (Å²) in [6.45, 7) is 2.64. The second-order valence-corrected chi connectivity index (χ2v) is 2.34. The first kappa shape index (κ1) is 13.0. The van der Waals surface area contributed by atoms with Crippen LogP contribution in [0.1, 0.15) is 6.92 Å². The average Bonchev–Trinajstić information content (AvgIpc) is 2.19. The van der Waals surface area contributed by atoms with Crippen molar-refractivity contribution in [1.29, 1.82) is 0 Å². The Morgan fingerprint density at radius 1 is 1.53 bits per heavy atom. The van der Waals surface area contributed by atoms with Crippen LogP contribution in [0.4, 0.5) is 5.69 Å². The maximum Gasteiger partial charge on any atom is 0.291 e. The lowest BCUT2D eigenvalue weighted by atomic mass is 10.3. The number of hydrazine groups is 1. The van der Waals surface area contributed by atoms with Crippen LogP contribution in [-0.2, 0) is 0 Å². The Hall–Kier alpha value is -2.02. The largest absolute Gasteiger partial charge is 0.494 e. The minimum Gasteiger partial charge on any atom is -0.494 e. The van der Waals surface area contributed by atoms with Crippen molar-refractivity contribution in [3.63, 3.8) is 0 Å². The van der Waals surface area contributed by atoms with Gasteiger partial charge >= 0.3 is 0 Å². The second kappa shape index (κ2) is 7.39. The lowest BCUT2D eigenvalue weighted by molar-refractivity contribution is -0.742. The zero-order valence-corrected chi connectivity index (χ0v) is 8.21. The van der Waals surface area contributed by atoms with Crippen LogP contribution in [0.25, 0.3) is 0 Å². The Bertz CT molecular complexity index is 284. The van der Waals surface area contributed by atoms with Gasteiger partial charge in [0.25, 0.3) is 5.09 Å². The molecule has 0 unspecified atom stereocenters. The van der Waals surface area contributed by atoms with Crippen LogP contribution in [-0.4, -0.2) is 16.9 Å². The Morgan fingerprint density at radius 3 is 2.33 bits per heavy atom. The van der Waals surface area contributed by atoms with Gasteiger partial charge in [-0.05, 0) is 31.2 Å². The molecule has 0 radical (unpaired) electrons. The number of benzene rings is 1. The van der Waals surface area contributed by atoms with Crippen LogP contribution in [0.3, 0.4) is 0 Å². The summed E-state index contributed by atoms with van der Waals surface area (Å²) in [4.78, 5) is 8.36. The molecule has 0 aliphatic heterocycles. The smallest absolute Gasteiger partial charge is 0.291 e. The molecule has 0 saturated carbocycles. The van der Waals surface area contributed by atoms with Crippen molar-refractivity contribution in [3.05, 3.63) is 34.4 Å². The van der Waals surface area contributed by atoms with Crippen molar-refractivity contribution in [2.45, 2.75) is 6.92 Å². The van der Waals surface area contributed by atoms with Crippen molar-refractivity contribution in [1.82, 2.24) is 0 Å². The van der Waals surface area contributed by atoms with E-state index in [2.05, 4.69) is 5.43 Å². The number of hydrogen-bond donors (Lipinski definition) is 3. The van der Waals surface area contributed by atoms with Crippen molar-refractivity contribution >= 4 is 5.69 Å². The first-order valence-corrected chi connectivity index (χ1v) is 4.13. The summed E-state index contributed by atoms with van der Waals surface area (Å²) in [7, 11) is 0. The SMILES string of the molecule is CCOc1ccc(NN)cc1.O=[N+]([O-])O. The van der Waals surface area contributed by atoms with Gasteiger partial charge in [-0.3, -0.25) is 5.84 Å². The number of nitrogens with one attached hydrogen (secondary N) is 1. The standard InChI is InChI=1S/C8H12N2O.HNO3/c1-2-11-8-5-3-7(10-9)4-6-8;2-1(3)4/h3-6,10H,2,9H2,1H3;(H,2,3,4). The fraction of sp³-hybridized carbons (Fsp3) is 0.250. The van der Waals surface area contributed by atoms with E-state index in [0.29, 0.717) is 6.61 Å². The third-order valence-corrected chi connectivity index (χ3v) is 1.33. The van der Waals surface area contributed by atoms with Crippen molar-refractivity contribution in [3.8, 4) is 5.75 Å². The highest BCUT2D eigenvalue weighted by Crippen LogP contribution is 2.14. The van der Waals surface area contributed by atoms with E-state index in [0.717, 1.165) is 11.4 Å². The van der Waals surface area contributed by atoms with Gasteiger partial charge < -0.3 is 15.4 Å². The zero-order chi connectivity index (χ0) is 11.7. The van der Waals surface area contributed by atoms with E-state index < -0.39 is 5.09 Å². The predicted octanol–water partition coefficient (Wildman–Crippen LogP) is 1.02. The summed E-state index contributed by atoms with van der Waals surface area (Å²) in [6, 6.07) is 7.48. The minimum atomic E-state index is -1.50. The summed E-state index contributed by atoms with van der Waals surface area (Å²) >= 11 is 0. The third-order valence-electron chi connectivity index (χ3n) is 1.33. The van der Waals surface area contributed by atoms with Crippen molar-refractivity contribution in [2.75, 3.05) is 12.0 Å². The first-order chi connectivity index (χ1) is 7.10. The van der Waals surface area contributed by atoms with Gasteiger partial charge in [-0.25, -0.2) is 0 Å². The number of nitrogens with two attached hydrogens (primary N) is 1. The Kier molecular flexibility index (Phi) is 6.39. The van der Waals surface area contributed by atoms with Gasteiger partial charge in [0.15, 0.2) is 0 Å². The van der Waals surface area contributed by atoms with Crippen LogP contribution in [0, 0.1) is 10.1 Å². The molecule has 0 fully saturated rings. The Labute approximate surface area is 86.5 Å². The quantitative estimate of drug-likeness (QED) is 0.394.